The van der Waals surface area contributed by atoms with E-state index in [0.717, 1.165) is 30.5 Å². The molecule has 1 saturated heterocycles. The molecular formula is C20H21F3N2O3. The highest BCUT2D eigenvalue weighted by molar-refractivity contribution is 5.92. The van der Waals surface area contributed by atoms with Gasteiger partial charge in [-0.25, -0.2) is 13.2 Å². The fraction of sp³-hybridized carbons (Fsp3) is 0.350. The Kier molecular flexibility index (Phi) is 6.08. The lowest BCUT2D eigenvalue weighted by Gasteiger charge is -2.26. The van der Waals surface area contributed by atoms with E-state index in [1.165, 1.54) is 0 Å². The van der Waals surface area contributed by atoms with Gasteiger partial charge in [-0.15, -0.1) is 0 Å². The standard InChI is InChI=1S/C20H21F3N2O3/c1-27-12-5-6-13(17(10-12)28-2)16-4-3-9-25(16)11-18(26)24-15-8-7-14(21)19(22)20(15)23/h5-8,10,16H,3-4,9,11H2,1-2H3,(H,24,26)/t16-/m0/s1. The Morgan fingerprint density at radius 1 is 1.14 bits per heavy atom. The van der Waals surface area contributed by atoms with E-state index in [2.05, 4.69) is 5.32 Å². The Balaban J connectivity index is 1.74. The third-order valence-corrected chi connectivity index (χ3v) is 4.82. The summed E-state index contributed by atoms with van der Waals surface area (Å²) in [5.74, 6) is -3.52. The van der Waals surface area contributed by atoms with Gasteiger partial charge in [0.1, 0.15) is 11.5 Å². The summed E-state index contributed by atoms with van der Waals surface area (Å²) in [7, 11) is 3.13. The van der Waals surface area contributed by atoms with Gasteiger partial charge in [-0.2, -0.15) is 0 Å². The van der Waals surface area contributed by atoms with Crippen LogP contribution in [0.1, 0.15) is 24.4 Å². The molecule has 0 aromatic heterocycles. The van der Waals surface area contributed by atoms with Crippen LogP contribution < -0.4 is 14.8 Å². The molecule has 1 fully saturated rings. The minimum absolute atomic E-state index is 0.0156. The van der Waals surface area contributed by atoms with Gasteiger partial charge in [0.2, 0.25) is 5.91 Å². The molecule has 1 aliphatic heterocycles. The third kappa shape index (κ3) is 4.06. The second-order valence-corrected chi connectivity index (χ2v) is 6.51. The van der Waals surface area contributed by atoms with Crippen molar-refractivity contribution in [2.75, 3.05) is 32.6 Å². The van der Waals surface area contributed by atoms with E-state index in [1.54, 1.807) is 20.3 Å². The van der Waals surface area contributed by atoms with Crippen molar-refractivity contribution >= 4 is 11.6 Å². The number of anilines is 1. The Bertz CT molecular complexity index is 876. The average molecular weight is 394 g/mol. The number of halogens is 3. The second kappa shape index (κ2) is 8.52. The molecule has 8 heteroatoms. The van der Waals surface area contributed by atoms with E-state index in [0.29, 0.717) is 18.0 Å². The monoisotopic (exact) mass is 394 g/mol. The number of ether oxygens (including phenoxy) is 2. The summed E-state index contributed by atoms with van der Waals surface area (Å²) in [5.41, 5.74) is 0.536. The van der Waals surface area contributed by atoms with Crippen LogP contribution in [0.25, 0.3) is 0 Å². The zero-order valence-corrected chi connectivity index (χ0v) is 15.6. The number of rotatable bonds is 6. The van der Waals surface area contributed by atoms with Gasteiger partial charge in [-0.3, -0.25) is 9.69 Å². The summed E-state index contributed by atoms with van der Waals surface area (Å²) in [6.07, 6.45) is 1.71. The number of hydrogen-bond acceptors (Lipinski definition) is 4. The number of likely N-dealkylation sites (tertiary alicyclic amines) is 1. The maximum atomic E-state index is 13.8. The molecule has 0 bridgehead atoms. The lowest BCUT2D eigenvalue weighted by molar-refractivity contribution is -0.117. The van der Waals surface area contributed by atoms with Gasteiger partial charge in [0.25, 0.3) is 0 Å². The molecule has 0 unspecified atom stereocenters. The number of hydrogen-bond donors (Lipinski definition) is 1. The van der Waals surface area contributed by atoms with E-state index in [4.69, 9.17) is 9.47 Å². The van der Waals surface area contributed by atoms with Gasteiger partial charge >= 0.3 is 0 Å². The number of nitrogens with one attached hydrogen (secondary N) is 1. The molecule has 0 spiro atoms. The summed E-state index contributed by atoms with van der Waals surface area (Å²) >= 11 is 0. The summed E-state index contributed by atoms with van der Waals surface area (Å²) in [5, 5.41) is 2.31. The van der Waals surface area contributed by atoms with Gasteiger partial charge in [-0.1, -0.05) is 6.07 Å². The number of benzene rings is 2. The van der Waals surface area contributed by atoms with Crippen LogP contribution in [0.15, 0.2) is 30.3 Å². The largest absolute Gasteiger partial charge is 0.497 e. The zero-order chi connectivity index (χ0) is 20.3. The molecule has 2 aromatic carbocycles. The average Bonchev–Trinajstić information content (AvgIpc) is 3.15. The van der Waals surface area contributed by atoms with Crippen LogP contribution in [0.3, 0.4) is 0 Å². The normalized spacial score (nSPS) is 16.8. The van der Waals surface area contributed by atoms with Crippen molar-refractivity contribution < 1.29 is 27.4 Å². The Labute approximate surface area is 161 Å². The maximum absolute atomic E-state index is 13.8. The summed E-state index contributed by atoms with van der Waals surface area (Å²) < 4.78 is 50.8. The van der Waals surface area contributed by atoms with E-state index >= 15 is 0 Å². The van der Waals surface area contributed by atoms with E-state index in [-0.39, 0.29) is 18.3 Å². The van der Waals surface area contributed by atoms with E-state index in [1.807, 2.05) is 17.0 Å². The molecular weight excluding hydrogens is 373 g/mol. The molecule has 28 heavy (non-hydrogen) atoms. The highest BCUT2D eigenvalue weighted by Crippen LogP contribution is 2.38. The molecule has 1 amide bonds. The Morgan fingerprint density at radius 2 is 1.93 bits per heavy atom. The van der Waals surface area contributed by atoms with Gasteiger partial charge in [-0.05, 0) is 37.6 Å². The lowest BCUT2D eigenvalue weighted by atomic mass is 10.0. The summed E-state index contributed by atoms with van der Waals surface area (Å²) in [6, 6.07) is 7.22. The molecule has 5 nitrogen and oxygen atoms in total. The smallest absolute Gasteiger partial charge is 0.238 e. The second-order valence-electron chi connectivity index (χ2n) is 6.51. The number of amides is 1. The molecule has 0 radical (unpaired) electrons. The van der Waals surface area contributed by atoms with Crippen LogP contribution in [-0.2, 0) is 4.79 Å². The Morgan fingerprint density at radius 3 is 2.64 bits per heavy atom. The zero-order valence-electron chi connectivity index (χ0n) is 15.6. The fourth-order valence-electron chi connectivity index (χ4n) is 3.46. The molecule has 1 aliphatic rings. The lowest BCUT2D eigenvalue weighted by Crippen LogP contribution is -2.33. The van der Waals surface area contributed by atoms with Crippen molar-refractivity contribution in [2.45, 2.75) is 18.9 Å². The first kappa shape index (κ1) is 20.0. The first-order chi connectivity index (χ1) is 13.4. The minimum Gasteiger partial charge on any atom is -0.497 e. The van der Waals surface area contributed by atoms with E-state index < -0.39 is 23.4 Å². The quantitative estimate of drug-likeness (QED) is 0.755. The van der Waals surface area contributed by atoms with Crippen LogP contribution in [-0.4, -0.2) is 38.1 Å². The van der Waals surface area contributed by atoms with Crippen LogP contribution in [0, 0.1) is 17.5 Å². The molecule has 0 saturated carbocycles. The number of methoxy groups -OCH3 is 2. The van der Waals surface area contributed by atoms with Crippen molar-refractivity contribution in [3.8, 4) is 11.5 Å². The van der Waals surface area contributed by atoms with Crippen molar-refractivity contribution in [1.82, 2.24) is 4.90 Å². The van der Waals surface area contributed by atoms with Gasteiger partial charge in [0.15, 0.2) is 17.5 Å². The van der Waals surface area contributed by atoms with Crippen LogP contribution in [0.5, 0.6) is 11.5 Å². The van der Waals surface area contributed by atoms with Gasteiger partial charge in [0, 0.05) is 17.7 Å². The van der Waals surface area contributed by atoms with Gasteiger partial charge < -0.3 is 14.8 Å². The number of carbonyl (C=O) groups excluding carboxylic acids is 1. The minimum atomic E-state index is -1.61. The molecule has 1 atom stereocenters. The molecule has 0 aliphatic carbocycles. The van der Waals surface area contributed by atoms with Gasteiger partial charge in [0.05, 0.1) is 26.5 Å². The maximum Gasteiger partial charge on any atom is 0.238 e. The first-order valence-corrected chi connectivity index (χ1v) is 8.84. The molecule has 3 rings (SSSR count). The van der Waals surface area contributed by atoms with Crippen molar-refractivity contribution in [1.29, 1.82) is 0 Å². The van der Waals surface area contributed by atoms with Crippen LogP contribution in [0.4, 0.5) is 18.9 Å². The van der Waals surface area contributed by atoms with E-state index in [9.17, 15) is 18.0 Å². The van der Waals surface area contributed by atoms with Crippen LogP contribution in [0.2, 0.25) is 0 Å². The molecule has 1 heterocycles. The van der Waals surface area contributed by atoms with Crippen LogP contribution >= 0.6 is 0 Å². The predicted molar refractivity (Wildman–Crippen MR) is 98.0 cm³/mol. The highest BCUT2D eigenvalue weighted by atomic mass is 19.2. The third-order valence-electron chi connectivity index (χ3n) is 4.82. The SMILES string of the molecule is COc1ccc([C@@H]2CCCN2CC(=O)Nc2ccc(F)c(F)c2F)c(OC)c1. The number of carbonyl (C=O) groups is 1. The molecule has 150 valence electrons. The Hall–Kier alpha value is -2.74. The van der Waals surface area contributed by atoms with Crippen molar-refractivity contribution in [3.05, 3.63) is 53.3 Å². The highest BCUT2D eigenvalue weighted by Gasteiger charge is 2.30. The fourth-order valence-corrected chi connectivity index (χ4v) is 3.46. The van der Waals surface area contributed by atoms with Crippen molar-refractivity contribution in [2.24, 2.45) is 0 Å². The molecule has 2 aromatic rings. The first-order valence-electron chi connectivity index (χ1n) is 8.84. The molecule has 1 N–H and O–H groups in total. The number of nitrogens with zero attached hydrogens (tertiary/aromatic N) is 1. The summed E-state index contributed by atoms with van der Waals surface area (Å²) in [4.78, 5) is 14.3. The van der Waals surface area contributed by atoms with Crippen molar-refractivity contribution in [3.63, 3.8) is 0 Å². The summed E-state index contributed by atoms with van der Waals surface area (Å²) in [6.45, 7) is 0.659. The topological polar surface area (TPSA) is 50.8 Å². The predicted octanol–water partition coefficient (Wildman–Crippen LogP) is 3.90.